The first-order valence-electron chi connectivity index (χ1n) is 7.05. The highest BCUT2D eigenvalue weighted by atomic mass is 16.3. The number of benzene rings is 2. The molecular formula is C17H21NO. The summed E-state index contributed by atoms with van der Waals surface area (Å²) in [7, 11) is 0. The molecule has 2 aromatic carbocycles. The smallest absolute Gasteiger partial charge is 0.123 e. The zero-order chi connectivity index (χ0) is 13.5. The number of anilines is 1. The third-order valence-corrected chi connectivity index (χ3v) is 4.49. The Morgan fingerprint density at radius 3 is 2.58 bits per heavy atom. The summed E-state index contributed by atoms with van der Waals surface area (Å²) >= 11 is 0. The summed E-state index contributed by atoms with van der Waals surface area (Å²) in [5.41, 5.74) is 1.48. The van der Waals surface area contributed by atoms with Gasteiger partial charge in [0.25, 0.3) is 0 Å². The Balaban J connectivity index is 2.00. The minimum absolute atomic E-state index is 0.346. The van der Waals surface area contributed by atoms with Crippen LogP contribution in [0.4, 0.5) is 5.69 Å². The molecule has 0 spiro atoms. The molecule has 2 heteroatoms. The van der Waals surface area contributed by atoms with Crippen LogP contribution < -0.4 is 5.32 Å². The fourth-order valence-corrected chi connectivity index (χ4v) is 3.20. The van der Waals surface area contributed by atoms with Crippen LogP contribution in [-0.2, 0) is 0 Å². The van der Waals surface area contributed by atoms with E-state index in [4.69, 9.17) is 0 Å². The topological polar surface area (TPSA) is 32.3 Å². The molecule has 1 atom stereocenters. The number of fused-ring (bicyclic) bond motifs is 1. The number of hydrogen-bond donors (Lipinski definition) is 2. The predicted octanol–water partition coefficient (Wildman–Crippen LogP) is 4.54. The second-order valence-electron chi connectivity index (χ2n) is 6.26. The van der Waals surface area contributed by atoms with Crippen molar-refractivity contribution in [3.8, 4) is 5.75 Å². The molecule has 2 N–H and O–H groups in total. The van der Waals surface area contributed by atoms with Crippen LogP contribution in [0.15, 0.2) is 36.4 Å². The minimum Gasteiger partial charge on any atom is -0.507 e. The van der Waals surface area contributed by atoms with Crippen molar-refractivity contribution in [2.45, 2.75) is 39.2 Å². The molecule has 0 heterocycles. The summed E-state index contributed by atoms with van der Waals surface area (Å²) in [6.07, 6.45) is 3.80. The Kier molecular flexibility index (Phi) is 2.89. The predicted molar refractivity (Wildman–Crippen MR) is 80.7 cm³/mol. The maximum atomic E-state index is 9.93. The van der Waals surface area contributed by atoms with Gasteiger partial charge in [-0.1, -0.05) is 44.5 Å². The van der Waals surface area contributed by atoms with Gasteiger partial charge in [-0.25, -0.2) is 0 Å². The second-order valence-corrected chi connectivity index (χ2v) is 6.26. The van der Waals surface area contributed by atoms with Gasteiger partial charge in [0.2, 0.25) is 0 Å². The van der Waals surface area contributed by atoms with Gasteiger partial charge >= 0.3 is 0 Å². The first-order valence-corrected chi connectivity index (χ1v) is 7.05. The van der Waals surface area contributed by atoms with Crippen LogP contribution in [0, 0.1) is 5.41 Å². The van der Waals surface area contributed by atoms with Crippen LogP contribution in [0.2, 0.25) is 0 Å². The third kappa shape index (κ3) is 2.16. The third-order valence-electron chi connectivity index (χ3n) is 4.49. The Bertz CT molecular complexity index is 603. The molecule has 19 heavy (non-hydrogen) atoms. The van der Waals surface area contributed by atoms with Crippen LogP contribution in [-0.4, -0.2) is 11.1 Å². The highest BCUT2D eigenvalue weighted by Gasteiger charge is 2.34. The zero-order valence-electron chi connectivity index (χ0n) is 11.6. The van der Waals surface area contributed by atoms with E-state index in [-0.39, 0.29) is 0 Å². The van der Waals surface area contributed by atoms with Crippen molar-refractivity contribution in [2.75, 3.05) is 5.32 Å². The highest BCUT2D eigenvalue weighted by Crippen LogP contribution is 2.40. The summed E-state index contributed by atoms with van der Waals surface area (Å²) in [5, 5.41) is 15.6. The Morgan fingerprint density at radius 2 is 1.84 bits per heavy atom. The van der Waals surface area contributed by atoms with Crippen LogP contribution in [0.1, 0.15) is 33.1 Å². The summed E-state index contributed by atoms with van der Waals surface area (Å²) in [6.45, 7) is 4.67. The molecule has 0 bridgehead atoms. The Morgan fingerprint density at radius 1 is 1.11 bits per heavy atom. The number of hydrogen-bond acceptors (Lipinski definition) is 2. The van der Waals surface area contributed by atoms with Crippen LogP contribution >= 0.6 is 0 Å². The van der Waals surface area contributed by atoms with Gasteiger partial charge in [0.05, 0.1) is 0 Å². The van der Waals surface area contributed by atoms with E-state index >= 15 is 0 Å². The van der Waals surface area contributed by atoms with Gasteiger partial charge in [-0.2, -0.15) is 0 Å². The van der Waals surface area contributed by atoms with Gasteiger partial charge in [-0.15, -0.1) is 0 Å². The standard InChI is InChI=1S/C17H21NO/c1-17(2)11-5-10-16(17)18-14-8-3-7-13-12(14)6-4-9-15(13)19/h3-4,6-9,16,18-19H,5,10-11H2,1-2H3. The van der Waals surface area contributed by atoms with Gasteiger partial charge in [0.15, 0.2) is 0 Å². The summed E-state index contributed by atoms with van der Waals surface area (Å²) < 4.78 is 0. The van der Waals surface area contributed by atoms with E-state index in [2.05, 4.69) is 31.3 Å². The van der Waals surface area contributed by atoms with Gasteiger partial charge in [-0.3, -0.25) is 0 Å². The van der Waals surface area contributed by atoms with E-state index in [1.807, 2.05) is 18.2 Å². The fourth-order valence-electron chi connectivity index (χ4n) is 3.20. The van der Waals surface area contributed by atoms with Crippen molar-refractivity contribution in [1.29, 1.82) is 0 Å². The van der Waals surface area contributed by atoms with E-state index in [1.165, 1.54) is 19.3 Å². The lowest BCUT2D eigenvalue weighted by atomic mass is 9.87. The number of nitrogens with one attached hydrogen (secondary N) is 1. The molecule has 1 unspecified atom stereocenters. The molecule has 1 aliphatic carbocycles. The van der Waals surface area contributed by atoms with Crippen molar-refractivity contribution in [2.24, 2.45) is 5.41 Å². The molecule has 0 saturated heterocycles. The van der Waals surface area contributed by atoms with Gasteiger partial charge < -0.3 is 10.4 Å². The SMILES string of the molecule is CC1(C)CCCC1Nc1cccc2c(O)cccc12. The monoisotopic (exact) mass is 255 g/mol. The lowest BCUT2D eigenvalue weighted by Gasteiger charge is -2.29. The van der Waals surface area contributed by atoms with E-state index in [0.29, 0.717) is 17.2 Å². The number of phenolic OH excluding ortho intramolecular Hbond substituents is 1. The van der Waals surface area contributed by atoms with Crippen LogP contribution in [0.25, 0.3) is 10.8 Å². The zero-order valence-corrected chi connectivity index (χ0v) is 11.6. The molecule has 2 nitrogen and oxygen atoms in total. The summed E-state index contributed by atoms with van der Waals surface area (Å²) in [6, 6.07) is 12.3. The largest absolute Gasteiger partial charge is 0.507 e. The first-order chi connectivity index (χ1) is 9.08. The fraction of sp³-hybridized carbons (Fsp3) is 0.412. The van der Waals surface area contributed by atoms with Crippen molar-refractivity contribution >= 4 is 16.5 Å². The lowest BCUT2D eigenvalue weighted by Crippen LogP contribution is -2.30. The lowest BCUT2D eigenvalue weighted by molar-refractivity contribution is 0.350. The van der Waals surface area contributed by atoms with Crippen molar-refractivity contribution in [3.63, 3.8) is 0 Å². The highest BCUT2D eigenvalue weighted by molar-refractivity contribution is 5.97. The van der Waals surface area contributed by atoms with Crippen molar-refractivity contribution < 1.29 is 5.11 Å². The van der Waals surface area contributed by atoms with E-state index < -0.39 is 0 Å². The molecule has 0 aromatic heterocycles. The quantitative estimate of drug-likeness (QED) is 0.826. The molecule has 0 radical (unpaired) electrons. The first kappa shape index (κ1) is 12.3. The molecular weight excluding hydrogens is 234 g/mol. The molecule has 1 fully saturated rings. The van der Waals surface area contributed by atoms with Crippen molar-refractivity contribution in [3.05, 3.63) is 36.4 Å². The van der Waals surface area contributed by atoms with E-state index in [0.717, 1.165) is 16.5 Å². The molecule has 100 valence electrons. The maximum Gasteiger partial charge on any atom is 0.123 e. The van der Waals surface area contributed by atoms with Gasteiger partial charge in [-0.05, 0) is 30.4 Å². The molecule has 1 aliphatic rings. The normalized spacial score (nSPS) is 21.7. The van der Waals surface area contributed by atoms with E-state index in [1.54, 1.807) is 6.07 Å². The Labute approximate surface area is 114 Å². The van der Waals surface area contributed by atoms with Gasteiger partial charge in [0.1, 0.15) is 5.75 Å². The average Bonchev–Trinajstić information content (AvgIpc) is 2.70. The summed E-state index contributed by atoms with van der Waals surface area (Å²) in [4.78, 5) is 0. The molecule has 2 aromatic rings. The van der Waals surface area contributed by atoms with E-state index in [9.17, 15) is 5.11 Å². The van der Waals surface area contributed by atoms with Crippen LogP contribution in [0.5, 0.6) is 5.75 Å². The minimum atomic E-state index is 0.346. The molecule has 0 amide bonds. The van der Waals surface area contributed by atoms with Gasteiger partial charge in [0, 0.05) is 22.5 Å². The molecule has 1 saturated carbocycles. The number of phenols is 1. The molecule has 0 aliphatic heterocycles. The second kappa shape index (κ2) is 4.44. The molecule has 3 rings (SSSR count). The maximum absolute atomic E-state index is 9.93. The Hall–Kier alpha value is -1.70. The number of rotatable bonds is 2. The average molecular weight is 255 g/mol. The number of aromatic hydroxyl groups is 1. The summed E-state index contributed by atoms with van der Waals surface area (Å²) in [5.74, 6) is 0.354. The van der Waals surface area contributed by atoms with Crippen LogP contribution in [0.3, 0.4) is 0 Å². The van der Waals surface area contributed by atoms with Crippen molar-refractivity contribution in [1.82, 2.24) is 0 Å².